The van der Waals surface area contributed by atoms with E-state index in [0.29, 0.717) is 16.8 Å². The average Bonchev–Trinajstić information content (AvgIpc) is 2.83. The number of carboxylic acid groups (broad SMARTS) is 1. The van der Waals surface area contributed by atoms with Crippen LogP contribution in [0, 0.1) is 12.3 Å². The molecule has 0 unspecified atom stereocenters. The van der Waals surface area contributed by atoms with E-state index in [2.05, 4.69) is 4.98 Å². The fourth-order valence-corrected chi connectivity index (χ4v) is 3.02. The lowest BCUT2D eigenvalue weighted by molar-refractivity contribution is -0.146. The van der Waals surface area contributed by atoms with Gasteiger partial charge in [-0.1, -0.05) is 0 Å². The summed E-state index contributed by atoms with van der Waals surface area (Å²) in [7, 11) is 0. The van der Waals surface area contributed by atoms with E-state index in [1.807, 2.05) is 0 Å². The van der Waals surface area contributed by atoms with Gasteiger partial charge in [-0.05, 0) is 50.6 Å². The van der Waals surface area contributed by atoms with Crippen LogP contribution in [0.2, 0.25) is 0 Å². The monoisotopic (exact) mass is 366 g/mol. The van der Waals surface area contributed by atoms with Crippen molar-refractivity contribution in [1.82, 2.24) is 9.38 Å². The van der Waals surface area contributed by atoms with E-state index in [0.717, 1.165) is 12.1 Å². The molecule has 0 amide bonds. The summed E-state index contributed by atoms with van der Waals surface area (Å²) >= 11 is 0. The molecule has 2 aromatic heterocycles. The van der Waals surface area contributed by atoms with Crippen molar-refractivity contribution in [3.8, 4) is 0 Å². The molecule has 0 saturated heterocycles. The van der Waals surface area contributed by atoms with Crippen LogP contribution < -0.4 is 5.56 Å². The van der Waals surface area contributed by atoms with Crippen molar-refractivity contribution < 1.29 is 23.1 Å². The van der Waals surface area contributed by atoms with Gasteiger partial charge in [-0.3, -0.25) is 9.59 Å². The number of hydrogen-bond acceptors (Lipinski definition) is 2. The first-order chi connectivity index (χ1) is 11.9. The van der Waals surface area contributed by atoms with E-state index in [1.54, 1.807) is 31.2 Å². The number of fused-ring (bicyclic) bond motifs is 3. The topological polar surface area (TPSA) is 74.6 Å². The number of halogens is 3. The molecule has 3 aromatic rings. The van der Waals surface area contributed by atoms with Gasteiger partial charge in [0.2, 0.25) is 0 Å². The molecule has 1 aromatic carbocycles. The number of aromatic amines is 1. The summed E-state index contributed by atoms with van der Waals surface area (Å²) in [5, 5.41) is 9.39. The zero-order valence-electron chi connectivity index (χ0n) is 14.4. The van der Waals surface area contributed by atoms with Gasteiger partial charge < -0.3 is 14.5 Å². The van der Waals surface area contributed by atoms with Crippen molar-refractivity contribution in [2.45, 2.75) is 33.4 Å². The highest BCUT2D eigenvalue weighted by atomic mass is 19.4. The maximum Gasteiger partial charge on any atom is 0.416 e. The molecule has 0 bridgehead atoms. The number of aryl methyl sites for hydroxylation is 1. The van der Waals surface area contributed by atoms with E-state index in [9.17, 15) is 27.9 Å². The molecule has 0 saturated carbocycles. The lowest BCUT2D eigenvalue weighted by Gasteiger charge is -2.20. The normalized spacial score (nSPS) is 12.8. The Hall–Kier alpha value is -2.77. The maximum absolute atomic E-state index is 13.0. The van der Waals surface area contributed by atoms with Crippen LogP contribution in [0.4, 0.5) is 13.2 Å². The number of hydrogen-bond donors (Lipinski definition) is 2. The molecule has 3 rings (SSSR count). The predicted octanol–water partition coefficient (Wildman–Crippen LogP) is 3.76. The van der Waals surface area contributed by atoms with Gasteiger partial charge in [-0.25, -0.2) is 0 Å². The Morgan fingerprint density at radius 1 is 1.19 bits per heavy atom. The van der Waals surface area contributed by atoms with Gasteiger partial charge in [-0.15, -0.1) is 0 Å². The van der Waals surface area contributed by atoms with Gasteiger partial charge in [-0.2, -0.15) is 13.2 Å². The van der Waals surface area contributed by atoms with E-state index in [4.69, 9.17) is 0 Å². The Bertz CT molecular complexity index is 1090. The minimum Gasteiger partial charge on any atom is -0.481 e. The Labute approximate surface area is 146 Å². The van der Waals surface area contributed by atoms with Crippen molar-refractivity contribution in [3.63, 3.8) is 0 Å². The molecule has 0 aliphatic rings. The second-order valence-corrected chi connectivity index (χ2v) is 7.04. The second-order valence-electron chi connectivity index (χ2n) is 7.04. The van der Waals surface area contributed by atoms with Gasteiger partial charge in [0.25, 0.3) is 5.56 Å². The highest BCUT2D eigenvalue weighted by Crippen LogP contribution is 2.32. The number of alkyl halides is 3. The third-order valence-corrected chi connectivity index (χ3v) is 4.55. The molecule has 0 spiro atoms. The average molecular weight is 366 g/mol. The van der Waals surface area contributed by atoms with E-state index >= 15 is 0 Å². The van der Waals surface area contributed by atoms with Crippen molar-refractivity contribution in [1.29, 1.82) is 0 Å². The Morgan fingerprint density at radius 2 is 1.85 bits per heavy atom. The number of benzene rings is 1. The zero-order valence-corrected chi connectivity index (χ0v) is 14.4. The van der Waals surface area contributed by atoms with Crippen LogP contribution in [0.15, 0.2) is 29.1 Å². The van der Waals surface area contributed by atoms with Crippen LogP contribution in [-0.2, 0) is 17.4 Å². The van der Waals surface area contributed by atoms with Gasteiger partial charge in [0.15, 0.2) is 0 Å². The lowest BCUT2D eigenvalue weighted by Crippen LogP contribution is -2.27. The SMILES string of the molecule is Cc1cc2c(=O)[nH]c3cc(C(F)(F)F)ccc3n2c1CC(C)(C)C(=O)O. The number of aliphatic carboxylic acids is 1. The van der Waals surface area contributed by atoms with Crippen LogP contribution in [0.5, 0.6) is 0 Å². The number of nitrogens with zero attached hydrogens (tertiary/aromatic N) is 1. The number of nitrogens with one attached hydrogen (secondary N) is 1. The third kappa shape index (κ3) is 2.85. The minimum absolute atomic E-state index is 0.0438. The first-order valence-electron chi connectivity index (χ1n) is 7.89. The first-order valence-corrected chi connectivity index (χ1v) is 7.89. The fourth-order valence-electron chi connectivity index (χ4n) is 3.02. The largest absolute Gasteiger partial charge is 0.481 e. The van der Waals surface area contributed by atoms with Gasteiger partial charge in [0.05, 0.1) is 22.0 Å². The summed E-state index contributed by atoms with van der Waals surface area (Å²) < 4.78 is 40.4. The quantitative estimate of drug-likeness (QED) is 0.741. The number of aromatic nitrogens is 2. The molecule has 5 nitrogen and oxygen atoms in total. The van der Waals surface area contributed by atoms with Gasteiger partial charge in [0.1, 0.15) is 5.52 Å². The Kier molecular flexibility index (Phi) is 3.90. The third-order valence-electron chi connectivity index (χ3n) is 4.55. The number of carboxylic acids is 1. The fraction of sp³-hybridized carbons (Fsp3) is 0.333. The molecular weight excluding hydrogens is 349 g/mol. The van der Waals surface area contributed by atoms with E-state index < -0.39 is 28.7 Å². The van der Waals surface area contributed by atoms with Crippen molar-refractivity contribution in [2.75, 3.05) is 0 Å². The van der Waals surface area contributed by atoms with E-state index in [1.165, 1.54) is 6.07 Å². The highest BCUT2D eigenvalue weighted by Gasteiger charge is 2.32. The second kappa shape index (κ2) is 5.62. The summed E-state index contributed by atoms with van der Waals surface area (Å²) in [4.78, 5) is 26.3. The molecule has 0 radical (unpaired) electrons. The lowest BCUT2D eigenvalue weighted by atomic mass is 9.87. The first kappa shape index (κ1) is 18.0. The predicted molar refractivity (Wildman–Crippen MR) is 90.4 cm³/mol. The molecular formula is C18H17F3N2O3. The van der Waals surface area contributed by atoms with Crippen LogP contribution in [0.25, 0.3) is 16.6 Å². The summed E-state index contributed by atoms with van der Waals surface area (Å²) in [6.45, 7) is 4.87. The van der Waals surface area contributed by atoms with Gasteiger partial charge in [0, 0.05) is 12.1 Å². The van der Waals surface area contributed by atoms with E-state index in [-0.39, 0.29) is 17.5 Å². The van der Waals surface area contributed by atoms with Crippen LogP contribution in [0.3, 0.4) is 0 Å². The highest BCUT2D eigenvalue weighted by molar-refractivity contribution is 5.80. The van der Waals surface area contributed by atoms with Crippen molar-refractivity contribution in [2.24, 2.45) is 5.41 Å². The summed E-state index contributed by atoms with van der Waals surface area (Å²) in [6.07, 6.45) is -4.40. The molecule has 138 valence electrons. The minimum atomic E-state index is -4.53. The summed E-state index contributed by atoms with van der Waals surface area (Å²) in [6, 6.07) is 4.74. The molecule has 26 heavy (non-hydrogen) atoms. The van der Waals surface area contributed by atoms with Crippen molar-refractivity contribution >= 4 is 22.5 Å². The molecule has 0 fully saturated rings. The standard InChI is InChI=1S/C18H17F3N2O3/c1-9-6-13-15(24)22-11-7-10(18(19,20)21)4-5-12(11)23(13)14(9)8-17(2,3)16(25)26/h4-7H,8H2,1-3H3,(H,22,24)(H,25,26). The van der Waals surface area contributed by atoms with Gasteiger partial charge >= 0.3 is 12.1 Å². The Morgan fingerprint density at radius 3 is 2.42 bits per heavy atom. The molecule has 0 aliphatic heterocycles. The maximum atomic E-state index is 13.0. The smallest absolute Gasteiger partial charge is 0.416 e. The number of H-pyrrole nitrogens is 1. The van der Waals surface area contributed by atoms with Crippen LogP contribution in [0.1, 0.15) is 30.7 Å². The van der Waals surface area contributed by atoms with Crippen LogP contribution >= 0.6 is 0 Å². The molecule has 2 heterocycles. The Balaban J connectivity index is 2.35. The number of rotatable bonds is 3. The zero-order chi connectivity index (χ0) is 19.4. The molecule has 0 aliphatic carbocycles. The number of carbonyl (C=O) groups is 1. The van der Waals surface area contributed by atoms with Crippen molar-refractivity contribution in [3.05, 3.63) is 51.4 Å². The molecule has 2 N–H and O–H groups in total. The summed E-state index contributed by atoms with van der Waals surface area (Å²) in [5.74, 6) is -1.000. The molecule has 8 heteroatoms. The summed E-state index contributed by atoms with van der Waals surface area (Å²) in [5.41, 5.74) is -0.499. The molecule has 0 atom stereocenters. The van der Waals surface area contributed by atoms with Crippen LogP contribution in [-0.4, -0.2) is 20.5 Å².